The first-order valence-corrected chi connectivity index (χ1v) is 13.8. The summed E-state index contributed by atoms with van der Waals surface area (Å²) in [4.78, 5) is 16.1. The van der Waals surface area contributed by atoms with Gasteiger partial charge in [0.2, 0.25) is 0 Å². The number of nitrogens with one attached hydrogen (secondary N) is 1. The molecule has 2 rings (SSSR count). The Balaban J connectivity index is 1.40. The minimum atomic E-state index is -0.172. The van der Waals surface area contributed by atoms with E-state index in [-0.39, 0.29) is 12.5 Å². The lowest BCUT2D eigenvalue weighted by atomic mass is 10.0. The smallest absolute Gasteiger partial charge is 0.258 e. The molecule has 0 radical (unpaired) electrons. The van der Waals surface area contributed by atoms with Gasteiger partial charge in [-0.3, -0.25) is 9.78 Å². The molecule has 1 N–H and O–H groups in total. The van der Waals surface area contributed by atoms with Crippen molar-refractivity contribution in [2.75, 3.05) is 13.2 Å². The molecule has 2 aromatic rings. The van der Waals surface area contributed by atoms with E-state index in [1.807, 2.05) is 42.5 Å². The summed E-state index contributed by atoms with van der Waals surface area (Å²) in [6, 6.07) is 13.1. The number of carbonyl (C=O) groups excluding carboxylic acids is 1. The average molecular weight is 483 g/mol. The molecule has 0 aliphatic carbocycles. The number of nitrogens with zero attached hydrogens (tertiary/aromatic N) is 1. The SMILES string of the molecule is CCCCCCCCCCCCCCCCOc1ccc(OCC(=O)NCc2ccccn2)cc1. The van der Waals surface area contributed by atoms with Crippen LogP contribution in [0.3, 0.4) is 0 Å². The third kappa shape index (κ3) is 15.1. The summed E-state index contributed by atoms with van der Waals surface area (Å²) in [5, 5.41) is 2.80. The van der Waals surface area contributed by atoms with E-state index in [1.54, 1.807) is 6.20 Å². The fourth-order valence-corrected chi connectivity index (χ4v) is 4.01. The number of aromatic nitrogens is 1. The molecule has 0 aliphatic rings. The van der Waals surface area contributed by atoms with Crippen molar-refractivity contribution in [2.24, 2.45) is 0 Å². The second-order valence-electron chi connectivity index (χ2n) is 9.30. The van der Waals surface area contributed by atoms with E-state index in [4.69, 9.17) is 9.47 Å². The monoisotopic (exact) mass is 482 g/mol. The summed E-state index contributed by atoms with van der Waals surface area (Å²) in [5.74, 6) is 1.32. The van der Waals surface area contributed by atoms with Gasteiger partial charge in [0.1, 0.15) is 11.5 Å². The van der Waals surface area contributed by atoms with Crippen LogP contribution in [0.1, 0.15) is 103 Å². The minimum Gasteiger partial charge on any atom is -0.494 e. The first kappa shape index (κ1) is 28.7. The standard InChI is InChI=1S/C30H46N2O3/c1-2-3-4-5-6-7-8-9-10-11-12-13-14-17-24-34-28-19-21-29(22-20-28)35-26-30(33)32-25-27-18-15-16-23-31-27/h15-16,18-23H,2-14,17,24-26H2,1H3,(H,32,33). The van der Waals surface area contributed by atoms with Crippen LogP contribution in [0.5, 0.6) is 11.5 Å². The normalized spacial score (nSPS) is 10.8. The number of carbonyl (C=O) groups is 1. The van der Waals surface area contributed by atoms with Crippen molar-refractivity contribution >= 4 is 5.91 Å². The topological polar surface area (TPSA) is 60.5 Å². The van der Waals surface area contributed by atoms with Gasteiger partial charge in [-0.15, -0.1) is 0 Å². The maximum Gasteiger partial charge on any atom is 0.258 e. The van der Waals surface area contributed by atoms with Crippen molar-refractivity contribution in [3.63, 3.8) is 0 Å². The zero-order chi connectivity index (χ0) is 24.8. The van der Waals surface area contributed by atoms with Gasteiger partial charge in [-0.05, 0) is 42.8 Å². The number of hydrogen-bond acceptors (Lipinski definition) is 4. The van der Waals surface area contributed by atoms with Gasteiger partial charge in [0.25, 0.3) is 5.91 Å². The number of amides is 1. The van der Waals surface area contributed by atoms with Crippen molar-refractivity contribution < 1.29 is 14.3 Å². The molecule has 0 fully saturated rings. The van der Waals surface area contributed by atoms with Crippen molar-refractivity contribution in [1.29, 1.82) is 0 Å². The third-order valence-corrected chi connectivity index (χ3v) is 6.15. The van der Waals surface area contributed by atoms with Gasteiger partial charge in [0.05, 0.1) is 18.8 Å². The third-order valence-electron chi connectivity index (χ3n) is 6.15. The summed E-state index contributed by atoms with van der Waals surface area (Å²) in [5.41, 5.74) is 0.821. The summed E-state index contributed by atoms with van der Waals surface area (Å²) in [6.45, 7) is 3.40. The van der Waals surface area contributed by atoms with E-state index in [1.165, 1.54) is 83.5 Å². The maximum atomic E-state index is 11.9. The van der Waals surface area contributed by atoms with Crippen molar-refractivity contribution in [3.8, 4) is 11.5 Å². The first-order chi connectivity index (χ1) is 17.3. The Morgan fingerprint density at radius 1 is 0.714 bits per heavy atom. The summed E-state index contributed by atoms with van der Waals surface area (Å²) < 4.78 is 11.4. The van der Waals surface area contributed by atoms with Crippen LogP contribution in [0.4, 0.5) is 0 Å². The Labute approximate surface area is 213 Å². The van der Waals surface area contributed by atoms with E-state index >= 15 is 0 Å². The van der Waals surface area contributed by atoms with Crippen LogP contribution in [-0.4, -0.2) is 24.1 Å². The molecule has 1 aromatic heterocycles. The number of unbranched alkanes of at least 4 members (excludes halogenated alkanes) is 13. The van der Waals surface area contributed by atoms with E-state index in [9.17, 15) is 4.79 Å². The van der Waals surface area contributed by atoms with Crippen LogP contribution in [-0.2, 0) is 11.3 Å². The summed E-state index contributed by atoms with van der Waals surface area (Å²) in [7, 11) is 0. The van der Waals surface area contributed by atoms with Crippen LogP contribution in [0.15, 0.2) is 48.7 Å². The minimum absolute atomic E-state index is 0.0217. The Kier molecular flexibility index (Phi) is 16.2. The number of rotatable bonds is 21. The Bertz CT molecular complexity index is 765. The molecule has 194 valence electrons. The molecular weight excluding hydrogens is 436 g/mol. The molecule has 0 bridgehead atoms. The van der Waals surface area contributed by atoms with Gasteiger partial charge in [0.15, 0.2) is 6.61 Å². The quantitative estimate of drug-likeness (QED) is 0.186. The highest BCUT2D eigenvalue weighted by Gasteiger charge is 2.04. The van der Waals surface area contributed by atoms with Crippen LogP contribution in [0.2, 0.25) is 0 Å². The number of hydrogen-bond donors (Lipinski definition) is 1. The summed E-state index contributed by atoms with van der Waals surface area (Å²) in [6.07, 6.45) is 20.7. The predicted molar refractivity (Wildman–Crippen MR) is 144 cm³/mol. The fraction of sp³-hybridized carbons (Fsp3) is 0.600. The summed E-state index contributed by atoms with van der Waals surface area (Å²) >= 11 is 0. The molecule has 35 heavy (non-hydrogen) atoms. The second kappa shape index (κ2) is 19.7. The van der Waals surface area contributed by atoms with Gasteiger partial charge >= 0.3 is 0 Å². The van der Waals surface area contributed by atoms with E-state index in [2.05, 4.69) is 17.2 Å². The molecular formula is C30H46N2O3. The fourth-order valence-electron chi connectivity index (χ4n) is 4.01. The lowest BCUT2D eigenvalue weighted by Crippen LogP contribution is -2.28. The Morgan fingerprint density at radius 2 is 1.26 bits per heavy atom. The zero-order valence-corrected chi connectivity index (χ0v) is 21.8. The maximum absolute atomic E-state index is 11.9. The molecule has 1 aromatic carbocycles. The van der Waals surface area contributed by atoms with Crippen molar-refractivity contribution in [3.05, 3.63) is 54.4 Å². The van der Waals surface area contributed by atoms with Gasteiger partial charge in [-0.2, -0.15) is 0 Å². The van der Waals surface area contributed by atoms with Crippen LogP contribution in [0, 0.1) is 0 Å². The van der Waals surface area contributed by atoms with Gasteiger partial charge in [-0.25, -0.2) is 0 Å². The molecule has 0 spiro atoms. The first-order valence-electron chi connectivity index (χ1n) is 13.8. The Morgan fingerprint density at radius 3 is 1.80 bits per heavy atom. The second-order valence-corrected chi connectivity index (χ2v) is 9.30. The molecule has 0 saturated carbocycles. The van der Waals surface area contributed by atoms with E-state index in [0.29, 0.717) is 12.3 Å². The van der Waals surface area contributed by atoms with Gasteiger partial charge in [0, 0.05) is 6.20 Å². The average Bonchev–Trinajstić information content (AvgIpc) is 2.89. The lowest BCUT2D eigenvalue weighted by Gasteiger charge is -2.09. The number of benzene rings is 1. The van der Waals surface area contributed by atoms with E-state index in [0.717, 1.165) is 24.5 Å². The van der Waals surface area contributed by atoms with Crippen molar-refractivity contribution in [1.82, 2.24) is 10.3 Å². The zero-order valence-electron chi connectivity index (χ0n) is 21.8. The molecule has 0 atom stereocenters. The molecule has 5 heteroatoms. The van der Waals surface area contributed by atoms with Gasteiger partial charge in [-0.1, -0.05) is 96.5 Å². The number of pyridine rings is 1. The highest BCUT2D eigenvalue weighted by Crippen LogP contribution is 2.18. The van der Waals surface area contributed by atoms with E-state index < -0.39 is 0 Å². The molecule has 5 nitrogen and oxygen atoms in total. The Hall–Kier alpha value is -2.56. The number of ether oxygens (including phenoxy) is 2. The molecule has 1 amide bonds. The van der Waals surface area contributed by atoms with Crippen LogP contribution in [0.25, 0.3) is 0 Å². The molecule has 1 heterocycles. The predicted octanol–water partition coefficient (Wildman–Crippen LogP) is 7.64. The van der Waals surface area contributed by atoms with Crippen LogP contribution >= 0.6 is 0 Å². The highest BCUT2D eigenvalue weighted by molar-refractivity contribution is 5.77. The lowest BCUT2D eigenvalue weighted by molar-refractivity contribution is -0.123. The molecule has 0 aliphatic heterocycles. The van der Waals surface area contributed by atoms with Gasteiger partial charge < -0.3 is 14.8 Å². The largest absolute Gasteiger partial charge is 0.494 e. The van der Waals surface area contributed by atoms with Crippen LogP contribution < -0.4 is 14.8 Å². The highest BCUT2D eigenvalue weighted by atomic mass is 16.5. The molecule has 0 unspecified atom stereocenters. The molecule has 0 saturated heterocycles. The van der Waals surface area contributed by atoms with Crippen molar-refractivity contribution in [2.45, 2.75) is 103 Å².